The van der Waals surface area contributed by atoms with Crippen LogP contribution in [0.2, 0.25) is 0 Å². The van der Waals surface area contributed by atoms with Crippen molar-refractivity contribution in [1.82, 2.24) is 9.97 Å². The molecule has 0 saturated carbocycles. The summed E-state index contributed by atoms with van der Waals surface area (Å²) in [6.45, 7) is 1.82. The highest BCUT2D eigenvalue weighted by Gasteiger charge is 2.15. The molecule has 4 aromatic rings. The summed E-state index contributed by atoms with van der Waals surface area (Å²) >= 11 is 1.30. The molecule has 0 aliphatic carbocycles. The summed E-state index contributed by atoms with van der Waals surface area (Å²) in [5.41, 5.74) is 2.88. The standard InChI is InChI=1S/C20H15F2N3OS/c1-11-19(12-6-7-15(21)16(22)8-12)25-20(27-11)24-18(26)9-13-10-23-17-5-3-2-4-14(13)17/h2-8,10,23H,9H2,1H3,(H,24,25,26). The highest BCUT2D eigenvalue weighted by atomic mass is 32.1. The Balaban J connectivity index is 1.53. The molecule has 0 radical (unpaired) electrons. The second-order valence-electron chi connectivity index (χ2n) is 6.14. The van der Waals surface area contributed by atoms with E-state index in [4.69, 9.17) is 0 Å². The van der Waals surface area contributed by atoms with Crippen LogP contribution in [0.15, 0.2) is 48.7 Å². The zero-order valence-electron chi connectivity index (χ0n) is 14.3. The lowest BCUT2D eigenvalue weighted by Crippen LogP contribution is -2.14. The van der Waals surface area contributed by atoms with E-state index in [1.807, 2.05) is 37.4 Å². The Morgan fingerprint density at radius 2 is 2.00 bits per heavy atom. The number of aryl methyl sites for hydroxylation is 1. The number of para-hydroxylation sites is 1. The van der Waals surface area contributed by atoms with Gasteiger partial charge in [0, 0.05) is 27.5 Å². The van der Waals surface area contributed by atoms with Crippen molar-refractivity contribution < 1.29 is 13.6 Å². The molecule has 136 valence electrons. The molecule has 2 N–H and O–H groups in total. The summed E-state index contributed by atoms with van der Waals surface area (Å²) in [4.78, 5) is 20.7. The van der Waals surface area contributed by atoms with Crippen molar-refractivity contribution in [3.8, 4) is 11.3 Å². The SMILES string of the molecule is Cc1sc(NC(=O)Cc2c[nH]c3ccccc23)nc1-c1ccc(F)c(F)c1. The highest BCUT2D eigenvalue weighted by molar-refractivity contribution is 7.16. The number of benzene rings is 2. The molecule has 2 aromatic carbocycles. The van der Waals surface area contributed by atoms with E-state index in [1.165, 1.54) is 17.4 Å². The molecule has 0 saturated heterocycles. The van der Waals surface area contributed by atoms with Crippen molar-refractivity contribution in [2.75, 3.05) is 5.32 Å². The minimum atomic E-state index is -0.926. The largest absolute Gasteiger partial charge is 0.361 e. The summed E-state index contributed by atoms with van der Waals surface area (Å²) in [5.74, 6) is -2.02. The number of fused-ring (bicyclic) bond motifs is 1. The predicted octanol–water partition coefficient (Wildman–Crippen LogP) is 5.06. The monoisotopic (exact) mass is 383 g/mol. The zero-order valence-corrected chi connectivity index (χ0v) is 15.2. The Kier molecular flexibility index (Phi) is 4.45. The Bertz CT molecular complexity index is 1150. The maximum absolute atomic E-state index is 13.5. The third-order valence-electron chi connectivity index (χ3n) is 4.26. The number of aromatic nitrogens is 2. The van der Waals surface area contributed by atoms with Crippen LogP contribution in [-0.2, 0) is 11.2 Å². The van der Waals surface area contributed by atoms with E-state index in [1.54, 1.807) is 0 Å². The lowest BCUT2D eigenvalue weighted by atomic mass is 10.1. The molecular weight excluding hydrogens is 368 g/mol. The number of carbonyl (C=O) groups excluding carboxylic acids is 1. The first-order valence-corrected chi connectivity index (χ1v) is 9.10. The van der Waals surface area contributed by atoms with Gasteiger partial charge in [0.15, 0.2) is 16.8 Å². The number of carbonyl (C=O) groups is 1. The highest BCUT2D eigenvalue weighted by Crippen LogP contribution is 2.31. The number of H-pyrrole nitrogens is 1. The van der Waals surface area contributed by atoms with Gasteiger partial charge in [-0.15, -0.1) is 11.3 Å². The number of thiazole rings is 1. The molecule has 1 amide bonds. The molecule has 0 unspecified atom stereocenters. The number of halogens is 2. The van der Waals surface area contributed by atoms with Crippen molar-refractivity contribution >= 4 is 33.3 Å². The van der Waals surface area contributed by atoms with E-state index in [0.717, 1.165) is 33.5 Å². The normalized spacial score (nSPS) is 11.1. The van der Waals surface area contributed by atoms with Gasteiger partial charge in [-0.25, -0.2) is 13.8 Å². The van der Waals surface area contributed by atoms with Gasteiger partial charge >= 0.3 is 0 Å². The minimum Gasteiger partial charge on any atom is -0.361 e. The summed E-state index contributed by atoms with van der Waals surface area (Å²) in [7, 11) is 0. The van der Waals surface area contributed by atoms with Crippen LogP contribution in [0.5, 0.6) is 0 Å². The number of anilines is 1. The molecule has 27 heavy (non-hydrogen) atoms. The van der Waals surface area contributed by atoms with Crippen molar-refractivity contribution in [1.29, 1.82) is 0 Å². The van der Waals surface area contributed by atoms with Crippen molar-refractivity contribution in [3.05, 3.63) is 70.7 Å². The van der Waals surface area contributed by atoms with Gasteiger partial charge in [-0.05, 0) is 36.8 Å². The van der Waals surface area contributed by atoms with Crippen LogP contribution < -0.4 is 5.32 Å². The molecule has 0 aliphatic rings. The first-order valence-electron chi connectivity index (χ1n) is 8.29. The average molecular weight is 383 g/mol. The van der Waals surface area contributed by atoms with Crippen molar-refractivity contribution in [2.24, 2.45) is 0 Å². The summed E-state index contributed by atoms with van der Waals surface area (Å²) in [6.07, 6.45) is 2.03. The maximum Gasteiger partial charge on any atom is 0.230 e. The predicted molar refractivity (Wildman–Crippen MR) is 103 cm³/mol. The Labute approximate surface area is 157 Å². The van der Waals surface area contributed by atoms with Crippen LogP contribution in [0.25, 0.3) is 22.2 Å². The van der Waals surface area contributed by atoms with Crippen molar-refractivity contribution in [2.45, 2.75) is 13.3 Å². The molecule has 0 aliphatic heterocycles. The third-order valence-corrected chi connectivity index (χ3v) is 5.15. The first-order chi connectivity index (χ1) is 13.0. The Hall–Kier alpha value is -3.06. The molecule has 0 spiro atoms. The van der Waals surface area contributed by atoms with Crippen LogP contribution in [0.1, 0.15) is 10.4 Å². The van der Waals surface area contributed by atoms with Gasteiger partial charge in [-0.3, -0.25) is 4.79 Å². The Morgan fingerprint density at radius 1 is 1.19 bits per heavy atom. The second-order valence-corrected chi connectivity index (χ2v) is 7.34. The second kappa shape index (κ2) is 6.92. The van der Waals surface area contributed by atoms with Gasteiger partial charge in [0.2, 0.25) is 5.91 Å². The van der Waals surface area contributed by atoms with E-state index < -0.39 is 11.6 Å². The van der Waals surface area contributed by atoms with Gasteiger partial charge in [0.05, 0.1) is 12.1 Å². The third kappa shape index (κ3) is 3.46. The number of hydrogen-bond acceptors (Lipinski definition) is 3. The van der Waals surface area contributed by atoms with E-state index in [2.05, 4.69) is 15.3 Å². The molecule has 2 heterocycles. The number of nitrogens with one attached hydrogen (secondary N) is 2. The lowest BCUT2D eigenvalue weighted by Gasteiger charge is -2.01. The van der Waals surface area contributed by atoms with Crippen LogP contribution in [0.4, 0.5) is 13.9 Å². The minimum absolute atomic E-state index is 0.190. The molecular formula is C20H15F2N3OS. The molecule has 4 nitrogen and oxygen atoms in total. The van der Waals surface area contributed by atoms with Gasteiger partial charge < -0.3 is 10.3 Å². The van der Waals surface area contributed by atoms with Crippen LogP contribution in [-0.4, -0.2) is 15.9 Å². The average Bonchev–Trinajstić information content (AvgIpc) is 3.21. The fourth-order valence-corrected chi connectivity index (χ4v) is 3.83. The van der Waals surface area contributed by atoms with E-state index in [0.29, 0.717) is 16.4 Å². The maximum atomic E-state index is 13.5. The molecule has 0 fully saturated rings. The molecule has 2 aromatic heterocycles. The van der Waals surface area contributed by atoms with E-state index >= 15 is 0 Å². The van der Waals surface area contributed by atoms with Crippen LogP contribution in [0.3, 0.4) is 0 Å². The van der Waals surface area contributed by atoms with E-state index in [9.17, 15) is 13.6 Å². The van der Waals surface area contributed by atoms with Crippen LogP contribution in [0, 0.1) is 18.6 Å². The topological polar surface area (TPSA) is 57.8 Å². The van der Waals surface area contributed by atoms with Crippen molar-refractivity contribution in [3.63, 3.8) is 0 Å². The first kappa shape index (κ1) is 17.4. The quantitative estimate of drug-likeness (QED) is 0.518. The molecule has 0 bridgehead atoms. The zero-order chi connectivity index (χ0) is 19.0. The molecule has 4 rings (SSSR count). The number of aromatic amines is 1. The smallest absolute Gasteiger partial charge is 0.230 e. The van der Waals surface area contributed by atoms with E-state index in [-0.39, 0.29) is 12.3 Å². The molecule has 0 atom stereocenters. The van der Waals surface area contributed by atoms with Crippen LogP contribution >= 0.6 is 11.3 Å². The number of amides is 1. The van der Waals surface area contributed by atoms with Gasteiger partial charge in [0.1, 0.15) is 0 Å². The number of nitrogens with zero attached hydrogens (tertiary/aromatic N) is 1. The molecule has 7 heteroatoms. The summed E-state index contributed by atoms with van der Waals surface area (Å²) in [5, 5.41) is 4.22. The Morgan fingerprint density at radius 3 is 2.81 bits per heavy atom. The van der Waals surface area contributed by atoms with Gasteiger partial charge in [-0.2, -0.15) is 0 Å². The van der Waals surface area contributed by atoms with Gasteiger partial charge in [-0.1, -0.05) is 18.2 Å². The summed E-state index contributed by atoms with van der Waals surface area (Å²) < 4.78 is 26.6. The fourth-order valence-electron chi connectivity index (χ4n) is 2.98. The lowest BCUT2D eigenvalue weighted by molar-refractivity contribution is -0.115. The number of rotatable bonds is 4. The summed E-state index contributed by atoms with van der Waals surface area (Å²) in [6, 6.07) is 11.4. The number of hydrogen-bond donors (Lipinski definition) is 2. The van der Waals surface area contributed by atoms with Gasteiger partial charge in [0.25, 0.3) is 0 Å². The fraction of sp³-hybridized carbons (Fsp3) is 0.100.